The lowest BCUT2D eigenvalue weighted by atomic mass is 9.97. The van der Waals surface area contributed by atoms with E-state index in [-0.39, 0.29) is 24.5 Å². The molecule has 0 bridgehead atoms. The third kappa shape index (κ3) is 2.93. The van der Waals surface area contributed by atoms with Gasteiger partial charge >= 0.3 is 6.09 Å². The Labute approximate surface area is 107 Å². The van der Waals surface area contributed by atoms with E-state index < -0.39 is 11.7 Å². The number of piperazine rings is 1. The SMILES string of the molecule is CC(C)(C)OC(=O)N1CC(=O)N[C@@H]2CNCC[C@H]21. The van der Waals surface area contributed by atoms with E-state index >= 15 is 0 Å². The van der Waals surface area contributed by atoms with Crippen molar-refractivity contribution in [2.45, 2.75) is 44.9 Å². The van der Waals surface area contributed by atoms with Gasteiger partial charge in [-0.2, -0.15) is 0 Å². The molecule has 102 valence electrons. The lowest BCUT2D eigenvalue weighted by Gasteiger charge is -2.44. The second-order valence-corrected chi connectivity index (χ2v) is 5.84. The van der Waals surface area contributed by atoms with Gasteiger partial charge in [0.05, 0.1) is 12.1 Å². The molecule has 2 aliphatic heterocycles. The quantitative estimate of drug-likeness (QED) is 0.643. The van der Waals surface area contributed by atoms with Crippen LogP contribution in [0, 0.1) is 0 Å². The second-order valence-electron chi connectivity index (χ2n) is 5.84. The Hall–Kier alpha value is -1.30. The fourth-order valence-corrected chi connectivity index (χ4v) is 2.41. The van der Waals surface area contributed by atoms with Crippen molar-refractivity contribution in [1.82, 2.24) is 15.5 Å². The summed E-state index contributed by atoms with van der Waals surface area (Å²) in [5, 5.41) is 6.13. The van der Waals surface area contributed by atoms with Gasteiger partial charge in [-0.1, -0.05) is 0 Å². The highest BCUT2D eigenvalue weighted by atomic mass is 16.6. The molecule has 2 heterocycles. The van der Waals surface area contributed by atoms with Crippen LogP contribution in [-0.2, 0) is 9.53 Å². The Bertz CT molecular complexity index is 351. The summed E-state index contributed by atoms with van der Waals surface area (Å²) in [4.78, 5) is 25.3. The molecule has 0 radical (unpaired) electrons. The van der Waals surface area contributed by atoms with Gasteiger partial charge in [-0.05, 0) is 33.7 Å². The van der Waals surface area contributed by atoms with Crippen LogP contribution >= 0.6 is 0 Å². The van der Waals surface area contributed by atoms with Crippen LogP contribution in [0.2, 0.25) is 0 Å². The summed E-state index contributed by atoms with van der Waals surface area (Å²) in [6, 6.07) is 0.0336. The van der Waals surface area contributed by atoms with Crippen LogP contribution < -0.4 is 10.6 Å². The number of carbonyl (C=O) groups excluding carboxylic acids is 2. The van der Waals surface area contributed by atoms with E-state index in [1.807, 2.05) is 20.8 Å². The molecule has 6 heteroatoms. The van der Waals surface area contributed by atoms with Gasteiger partial charge in [0, 0.05) is 6.54 Å². The van der Waals surface area contributed by atoms with Crippen molar-refractivity contribution in [3.63, 3.8) is 0 Å². The molecule has 18 heavy (non-hydrogen) atoms. The Kier molecular flexibility index (Phi) is 3.47. The average Bonchev–Trinajstić information content (AvgIpc) is 2.25. The van der Waals surface area contributed by atoms with Crippen LogP contribution in [0.5, 0.6) is 0 Å². The summed E-state index contributed by atoms with van der Waals surface area (Å²) in [5.74, 6) is -0.120. The van der Waals surface area contributed by atoms with Crippen molar-refractivity contribution in [3.8, 4) is 0 Å². The van der Waals surface area contributed by atoms with E-state index in [2.05, 4.69) is 10.6 Å². The summed E-state index contributed by atoms with van der Waals surface area (Å²) < 4.78 is 5.36. The number of hydrogen-bond donors (Lipinski definition) is 2. The Morgan fingerprint density at radius 2 is 2.17 bits per heavy atom. The van der Waals surface area contributed by atoms with Gasteiger partial charge in [-0.15, -0.1) is 0 Å². The molecule has 0 aromatic rings. The number of amides is 2. The van der Waals surface area contributed by atoms with E-state index in [4.69, 9.17) is 4.74 Å². The Morgan fingerprint density at radius 3 is 2.83 bits per heavy atom. The fourth-order valence-electron chi connectivity index (χ4n) is 2.41. The molecule has 0 aliphatic carbocycles. The van der Waals surface area contributed by atoms with E-state index in [1.165, 1.54) is 0 Å². The normalized spacial score (nSPS) is 28.4. The summed E-state index contributed by atoms with van der Waals surface area (Å²) in [5.41, 5.74) is -0.534. The van der Waals surface area contributed by atoms with Gasteiger partial charge in [0.25, 0.3) is 0 Å². The lowest BCUT2D eigenvalue weighted by molar-refractivity contribution is -0.127. The van der Waals surface area contributed by atoms with Crippen molar-refractivity contribution in [3.05, 3.63) is 0 Å². The van der Waals surface area contributed by atoms with E-state index in [0.29, 0.717) is 6.54 Å². The fraction of sp³-hybridized carbons (Fsp3) is 0.833. The highest BCUT2D eigenvalue weighted by Gasteiger charge is 2.40. The molecule has 0 aromatic heterocycles. The third-order valence-corrected chi connectivity index (χ3v) is 3.13. The zero-order valence-corrected chi connectivity index (χ0v) is 11.2. The predicted octanol–water partition coefficient (Wildman–Crippen LogP) is 0.0838. The first-order valence-electron chi connectivity index (χ1n) is 6.36. The molecule has 0 spiro atoms. The maximum absolute atomic E-state index is 12.1. The number of piperidine rings is 1. The van der Waals surface area contributed by atoms with Crippen molar-refractivity contribution >= 4 is 12.0 Å². The van der Waals surface area contributed by atoms with Gasteiger partial charge in [0.2, 0.25) is 5.91 Å². The van der Waals surface area contributed by atoms with Crippen LogP contribution in [-0.4, -0.2) is 54.2 Å². The minimum atomic E-state index is -0.534. The molecule has 6 nitrogen and oxygen atoms in total. The first-order chi connectivity index (χ1) is 8.37. The Balaban J connectivity index is 2.09. The molecule has 2 N–H and O–H groups in total. The summed E-state index contributed by atoms with van der Waals surface area (Å²) in [6.45, 7) is 7.14. The van der Waals surface area contributed by atoms with Crippen molar-refractivity contribution in [1.29, 1.82) is 0 Å². The van der Waals surface area contributed by atoms with Gasteiger partial charge in [-0.25, -0.2) is 4.79 Å². The number of nitrogens with one attached hydrogen (secondary N) is 2. The summed E-state index contributed by atoms with van der Waals surface area (Å²) in [7, 11) is 0. The number of nitrogens with zero attached hydrogens (tertiary/aromatic N) is 1. The zero-order chi connectivity index (χ0) is 13.3. The maximum atomic E-state index is 12.1. The maximum Gasteiger partial charge on any atom is 0.411 e. The van der Waals surface area contributed by atoms with Gasteiger partial charge in [0.15, 0.2) is 0 Å². The lowest BCUT2D eigenvalue weighted by Crippen LogP contribution is -2.67. The largest absolute Gasteiger partial charge is 0.444 e. The molecule has 2 atom stereocenters. The highest BCUT2D eigenvalue weighted by Crippen LogP contribution is 2.19. The van der Waals surface area contributed by atoms with E-state index in [0.717, 1.165) is 13.0 Å². The van der Waals surface area contributed by atoms with Gasteiger partial charge in [-0.3, -0.25) is 9.69 Å². The predicted molar refractivity (Wildman–Crippen MR) is 66.1 cm³/mol. The van der Waals surface area contributed by atoms with Crippen LogP contribution in [0.1, 0.15) is 27.2 Å². The zero-order valence-electron chi connectivity index (χ0n) is 11.2. The standard InChI is InChI=1S/C12H21N3O3/c1-12(2,3)18-11(17)15-7-10(16)14-8-6-13-5-4-9(8)15/h8-9,13H,4-7H2,1-3H3,(H,14,16)/t8-,9-/m1/s1. The number of hydrogen-bond acceptors (Lipinski definition) is 4. The molecule has 2 fully saturated rings. The van der Waals surface area contributed by atoms with Crippen LogP contribution in [0.15, 0.2) is 0 Å². The van der Waals surface area contributed by atoms with Crippen LogP contribution in [0.3, 0.4) is 0 Å². The molecular formula is C12H21N3O3. The molecule has 2 aliphatic rings. The van der Waals surface area contributed by atoms with Gasteiger partial charge in [0.1, 0.15) is 12.1 Å². The number of rotatable bonds is 0. The first kappa shape index (κ1) is 13.1. The molecule has 0 saturated carbocycles. The molecule has 2 saturated heterocycles. The van der Waals surface area contributed by atoms with Crippen molar-refractivity contribution < 1.29 is 14.3 Å². The molecule has 2 rings (SSSR count). The Morgan fingerprint density at radius 1 is 1.44 bits per heavy atom. The number of ether oxygens (including phenoxy) is 1. The van der Waals surface area contributed by atoms with E-state index in [9.17, 15) is 9.59 Å². The summed E-state index contributed by atoms with van der Waals surface area (Å²) in [6.07, 6.45) is 0.443. The van der Waals surface area contributed by atoms with Crippen LogP contribution in [0.25, 0.3) is 0 Å². The second kappa shape index (κ2) is 4.76. The van der Waals surface area contributed by atoms with Crippen molar-refractivity contribution in [2.24, 2.45) is 0 Å². The average molecular weight is 255 g/mol. The molecule has 0 unspecified atom stereocenters. The monoisotopic (exact) mass is 255 g/mol. The molecule has 0 aromatic carbocycles. The van der Waals surface area contributed by atoms with Crippen molar-refractivity contribution in [2.75, 3.05) is 19.6 Å². The smallest absolute Gasteiger partial charge is 0.411 e. The van der Waals surface area contributed by atoms with Crippen LogP contribution in [0.4, 0.5) is 4.79 Å². The highest BCUT2D eigenvalue weighted by molar-refractivity contribution is 5.84. The number of fused-ring (bicyclic) bond motifs is 1. The van der Waals surface area contributed by atoms with E-state index in [1.54, 1.807) is 4.90 Å². The number of carbonyl (C=O) groups is 2. The van der Waals surface area contributed by atoms with Gasteiger partial charge < -0.3 is 15.4 Å². The minimum Gasteiger partial charge on any atom is -0.444 e. The molecular weight excluding hydrogens is 234 g/mol. The summed E-state index contributed by atoms with van der Waals surface area (Å²) >= 11 is 0. The molecule has 2 amide bonds. The topological polar surface area (TPSA) is 70.7 Å². The third-order valence-electron chi connectivity index (χ3n) is 3.13. The minimum absolute atomic E-state index is 0.00693. The first-order valence-corrected chi connectivity index (χ1v) is 6.36.